The van der Waals surface area contributed by atoms with Gasteiger partial charge in [-0.1, -0.05) is 30.2 Å². The van der Waals surface area contributed by atoms with E-state index in [1.807, 2.05) is 66.2 Å². The molecule has 4 N–H and O–H groups in total. The van der Waals surface area contributed by atoms with Crippen molar-refractivity contribution in [2.45, 2.75) is 40.0 Å². The molecule has 4 rings (SSSR count). The number of primary amides is 1. The molecule has 0 spiro atoms. The number of hydrogen-bond acceptors (Lipinski definition) is 4. The molecule has 0 saturated carbocycles. The van der Waals surface area contributed by atoms with Gasteiger partial charge in [-0.25, -0.2) is 4.98 Å². The van der Waals surface area contributed by atoms with Crippen molar-refractivity contribution >= 4 is 29.1 Å². The lowest BCUT2D eigenvalue weighted by molar-refractivity contribution is -0.116. The molecular formula is C25H32ClN5O2. The molecule has 2 heterocycles. The number of carbonyl (C=O) groups excluding carboxylic acids is 2. The molecule has 1 saturated heterocycles. The Morgan fingerprint density at radius 1 is 1.03 bits per heavy atom. The van der Waals surface area contributed by atoms with Crippen molar-refractivity contribution in [1.29, 1.82) is 0 Å². The second kappa shape index (κ2) is 13.4. The molecule has 0 aliphatic carbocycles. The van der Waals surface area contributed by atoms with Crippen LogP contribution in [-0.4, -0.2) is 34.5 Å². The topological polar surface area (TPSA) is 102 Å². The summed E-state index contributed by atoms with van der Waals surface area (Å²) in [6, 6.07) is 15.3. The van der Waals surface area contributed by atoms with Crippen molar-refractivity contribution < 1.29 is 9.59 Å². The van der Waals surface area contributed by atoms with Gasteiger partial charge in [0.05, 0.1) is 5.02 Å². The molecule has 1 fully saturated rings. The minimum Gasteiger partial charge on any atom is -0.370 e. The Labute approximate surface area is 200 Å². The Balaban J connectivity index is 0.000000320. The number of aromatic nitrogens is 2. The van der Waals surface area contributed by atoms with E-state index < -0.39 is 0 Å². The molecule has 1 aliphatic rings. The van der Waals surface area contributed by atoms with Gasteiger partial charge in [-0.3, -0.25) is 14.2 Å². The summed E-state index contributed by atoms with van der Waals surface area (Å²) in [5.74, 6) is 0.369. The monoisotopic (exact) mass is 469 g/mol. The van der Waals surface area contributed by atoms with Crippen molar-refractivity contribution in [2.24, 2.45) is 5.73 Å². The maximum absolute atomic E-state index is 11.1. The molecule has 2 amide bonds. The van der Waals surface area contributed by atoms with E-state index in [0.717, 1.165) is 28.5 Å². The minimum atomic E-state index is -0.333. The van der Waals surface area contributed by atoms with Gasteiger partial charge in [0.2, 0.25) is 11.8 Å². The summed E-state index contributed by atoms with van der Waals surface area (Å²) in [6.45, 7) is 7.29. The van der Waals surface area contributed by atoms with Gasteiger partial charge in [-0.15, -0.1) is 0 Å². The van der Waals surface area contributed by atoms with Crippen LogP contribution in [0.15, 0.2) is 54.7 Å². The third kappa shape index (κ3) is 8.71. The molecule has 0 radical (unpaired) electrons. The van der Waals surface area contributed by atoms with E-state index in [9.17, 15) is 9.59 Å². The number of nitrogens with two attached hydrogens (primary N) is 1. The van der Waals surface area contributed by atoms with Crippen LogP contribution >= 0.6 is 11.6 Å². The lowest BCUT2D eigenvalue weighted by Gasteiger charge is -2.12. The second-order valence-corrected chi connectivity index (χ2v) is 8.10. The number of nitrogens with one attached hydrogen (secondary N) is 2. The van der Waals surface area contributed by atoms with E-state index in [-0.39, 0.29) is 11.8 Å². The predicted octanol–water partition coefficient (Wildman–Crippen LogP) is 4.71. The second-order valence-electron chi connectivity index (χ2n) is 7.69. The third-order valence-electron chi connectivity index (χ3n) is 4.71. The molecule has 33 heavy (non-hydrogen) atoms. The zero-order chi connectivity index (χ0) is 24.2. The van der Waals surface area contributed by atoms with Crippen LogP contribution in [0.5, 0.6) is 0 Å². The fraction of sp³-hybridized carbons (Fsp3) is 0.320. The van der Waals surface area contributed by atoms with E-state index in [4.69, 9.17) is 11.6 Å². The van der Waals surface area contributed by atoms with Crippen molar-refractivity contribution in [3.8, 4) is 17.1 Å². The first kappa shape index (κ1) is 26.1. The summed E-state index contributed by atoms with van der Waals surface area (Å²) in [4.78, 5) is 24.8. The van der Waals surface area contributed by atoms with Gasteiger partial charge in [0.1, 0.15) is 5.82 Å². The average molecular weight is 470 g/mol. The van der Waals surface area contributed by atoms with Gasteiger partial charge in [0.15, 0.2) is 0 Å². The summed E-state index contributed by atoms with van der Waals surface area (Å²) >= 11 is 6.31. The maximum atomic E-state index is 11.1. The van der Waals surface area contributed by atoms with Gasteiger partial charge < -0.3 is 16.4 Å². The van der Waals surface area contributed by atoms with Crippen LogP contribution < -0.4 is 16.4 Å². The summed E-state index contributed by atoms with van der Waals surface area (Å²) < 4.78 is 2.04. The Morgan fingerprint density at radius 2 is 1.64 bits per heavy atom. The molecule has 8 heteroatoms. The Bertz CT molecular complexity index is 1030. The zero-order valence-electron chi connectivity index (χ0n) is 19.4. The Morgan fingerprint density at radius 3 is 2.12 bits per heavy atom. The zero-order valence-corrected chi connectivity index (χ0v) is 20.2. The molecule has 0 unspecified atom stereocenters. The Kier molecular flexibility index (Phi) is 10.6. The normalized spacial score (nSPS) is 12.5. The van der Waals surface area contributed by atoms with E-state index in [2.05, 4.69) is 21.4 Å². The maximum Gasteiger partial charge on any atom is 0.221 e. The van der Waals surface area contributed by atoms with Crippen molar-refractivity contribution in [2.75, 3.05) is 18.4 Å². The highest BCUT2D eigenvalue weighted by molar-refractivity contribution is 6.33. The number of piperidine rings is 1. The Hall–Kier alpha value is -3.16. The van der Waals surface area contributed by atoms with Gasteiger partial charge in [-0.2, -0.15) is 0 Å². The number of anilines is 1. The lowest BCUT2D eigenvalue weighted by atomic mass is 10.2. The highest BCUT2D eigenvalue weighted by Gasteiger charge is 2.13. The number of amides is 2. The number of carbonyl (C=O) groups is 2. The largest absolute Gasteiger partial charge is 0.370 e. The molecular weight excluding hydrogens is 438 g/mol. The van der Waals surface area contributed by atoms with E-state index in [1.165, 1.54) is 46.2 Å². The molecule has 2 aromatic carbocycles. The van der Waals surface area contributed by atoms with Crippen molar-refractivity contribution in [1.82, 2.24) is 14.9 Å². The van der Waals surface area contributed by atoms with Gasteiger partial charge in [0.25, 0.3) is 0 Å². The summed E-state index contributed by atoms with van der Waals surface area (Å²) in [7, 11) is 0. The standard InChI is InChI=1S/C18H16ClN3O.C5H11N.C2H5NO/c1-12-11-20-18(16-5-3-4-6-17(16)19)22(12)15-9-7-14(8-10-15)21-13(2)23;1-2-4-6-5-3-1;1-2(3)4/h3-11H,1-2H3,(H,21,23);6H,1-5H2;1H3,(H2,3,4). The molecule has 176 valence electrons. The van der Waals surface area contributed by atoms with Crippen LogP contribution in [0.25, 0.3) is 17.1 Å². The number of rotatable bonds is 3. The molecule has 0 bridgehead atoms. The van der Waals surface area contributed by atoms with Gasteiger partial charge in [-0.05, 0) is 69.3 Å². The van der Waals surface area contributed by atoms with Crippen LogP contribution in [0.4, 0.5) is 5.69 Å². The highest BCUT2D eigenvalue weighted by atomic mass is 35.5. The summed E-state index contributed by atoms with van der Waals surface area (Å²) in [5, 5.41) is 6.71. The molecule has 1 aromatic heterocycles. The number of nitrogens with zero attached hydrogens (tertiary/aromatic N) is 2. The molecule has 0 atom stereocenters. The van der Waals surface area contributed by atoms with E-state index in [1.54, 1.807) is 0 Å². The van der Waals surface area contributed by atoms with Crippen LogP contribution in [0, 0.1) is 6.92 Å². The number of benzene rings is 2. The van der Waals surface area contributed by atoms with Crippen LogP contribution in [0.1, 0.15) is 38.8 Å². The van der Waals surface area contributed by atoms with E-state index in [0.29, 0.717) is 5.02 Å². The lowest BCUT2D eigenvalue weighted by Crippen LogP contribution is -2.21. The van der Waals surface area contributed by atoms with Gasteiger partial charge >= 0.3 is 0 Å². The summed E-state index contributed by atoms with van der Waals surface area (Å²) in [6.07, 6.45) is 6.04. The fourth-order valence-corrected chi connectivity index (χ4v) is 3.51. The highest BCUT2D eigenvalue weighted by Crippen LogP contribution is 2.29. The SMILES string of the molecule is C1CCNCC1.CC(=O)Nc1ccc(-n2c(C)cnc2-c2ccccc2Cl)cc1.CC(N)=O. The van der Waals surface area contributed by atoms with Crippen LogP contribution in [0.2, 0.25) is 5.02 Å². The van der Waals surface area contributed by atoms with Crippen LogP contribution in [-0.2, 0) is 9.59 Å². The first-order valence-electron chi connectivity index (χ1n) is 10.9. The van der Waals surface area contributed by atoms with Crippen LogP contribution in [0.3, 0.4) is 0 Å². The molecule has 7 nitrogen and oxygen atoms in total. The molecule has 3 aromatic rings. The fourth-order valence-electron chi connectivity index (χ4n) is 3.29. The molecule has 1 aliphatic heterocycles. The number of halogens is 1. The van der Waals surface area contributed by atoms with E-state index >= 15 is 0 Å². The quantitative estimate of drug-likeness (QED) is 0.516. The third-order valence-corrected chi connectivity index (χ3v) is 5.04. The minimum absolute atomic E-state index is 0.0895. The number of aryl methyl sites for hydroxylation is 1. The average Bonchev–Trinajstić information content (AvgIpc) is 3.17. The number of hydrogen-bond donors (Lipinski definition) is 3. The predicted molar refractivity (Wildman–Crippen MR) is 135 cm³/mol. The first-order valence-corrected chi connectivity index (χ1v) is 11.3. The van der Waals surface area contributed by atoms with Crippen molar-refractivity contribution in [3.05, 3.63) is 65.4 Å². The number of imidazole rings is 1. The first-order chi connectivity index (χ1) is 15.8. The smallest absolute Gasteiger partial charge is 0.221 e. The van der Waals surface area contributed by atoms with Crippen molar-refractivity contribution in [3.63, 3.8) is 0 Å². The van der Waals surface area contributed by atoms with Gasteiger partial charge in [0, 0.05) is 42.7 Å². The summed E-state index contributed by atoms with van der Waals surface area (Å²) in [5.41, 5.74) is 8.09.